The van der Waals surface area contributed by atoms with Crippen molar-refractivity contribution in [3.05, 3.63) is 52.8 Å². The largest absolute Gasteiger partial charge is 0.337 e. The van der Waals surface area contributed by atoms with Crippen LogP contribution in [0.3, 0.4) is 0 Å². The van der Waals surface area contributed by atoms with Crippen molar-refractivity contribution < 1.29 is 9.59 Å². The Kier molecular flexibility index (Phi) is 7.26. The van der Waals surface area contributed by atoms with Crippen molar-refractivity contribution >= 4 is 11.7 Å². The zero-order valence-electron chi connectivity index (χ0n) is 20.8. The van der Waals surface area contributed by atoms with Crippen LogP contribution in [0.1, 0.15) is 99.3 Å². The predicted molar refractivity (Wildman–Crippen MR) is 129 cm³/mol. The van der Waals surface area contributed by atoms with E-state index in [1.165, 1.54) is 5.56 Å². The molecule has 5 heteroatoms. The number of piperidine rings is 1. The normalized spacial score (nSPS) is 15.6. The highest BCUT2D eigenvalue weighted by atomic mass is 16.2. The number of carbonyl (C=O) groups is 2. The van der Waals surface area contributed by atoms with Crippen molar-refractivity contribution in [2.45, 2.75) is 79.2 Å². The summed E-state index contributed by atoms with van der Waals surface area (Å²) >= 11 is 0. The van der Waals surface area contributed by atoms with E-state index in [4.69, 9.17) is 0 Å². The first-order valence-corrected chi connectivity index (χ1v) is 12.0. The minimum absolute atomic E-state index is 0.0200. The standard InChI is InChI=1S/C27H39N3O2/c1-18(2)16-20-8-10-21(11-9-20)25(31)22-12-14-29(15-13-22)26(32)23-17-24(19(3)4)30(28-23)27(5,6)7/h8-11,17-19,22H,12-16H2,1-7H3. The van der Waals surface area contributed by atoms with Crippen molar-refractivity contribution in [3.63, 3.8) is 0 Å². The van der Waals surface area contributed by atoms with Crippen molar-refractivity contribution in [1.29, 1.82) is 0 Å². The fraction of sp³-hybridized carbons (Fsp3) is 0.593. The zero-order valence-corrected chi connectivity index (χ0v) is 20.8. The quantitative estimate of drug-likeness (QED) is 0.545. The summed E-state index contributed by atoms with van der Waals surface area (Å²) in [6, 6.07) is 10.0. The second-order valence-corrected chi connectivity index (χ2v) is 10.9. The molecular weight excluding hydrogens is 398 g/mol. The number of carbonyl (C=O) groups excluding carboxylic acids is 2. The Hall–Kier alpha value is -2.43. The Morgan fingerprint density at radius 1 is 1.03 bits per heavy atom. The van der Waals surface area contributed by atoms with Gasteiger partial charge >= 0.3 is 0 Å². The van der Waals surface area contributed by atoms with Gasteiger partial charge in [0.05, 0.1) is 5.54 Å². The van der Waals surface area contributed by atoms with Crippen molar-refractivity contribution in [1.82, 2.24) is 14.7 Å². The molecule has 1 aliphatic heterocycles. The number of hydrogen-bond donors (Lipinski definition) is 0. The lowest BCUT2D eigenvalue weighted by Gasteiger charge is -2.31. The molecule has 5 nitrogen and oxygen atoms in total. The molecule has 2 aromatic rings. The lowest BCUT2D eigenvalue weighted by atomic mass is 9.88. The van der Waals surface area contributed by atoms with E-state index >= 15 is 0 Å². The summed E-state index contributed by atoms with van der Waals surface area (Å²) in [5, 5.41) is 4.67. The van der Waals surface area contributed by atoms with Crippen molar-refractivity contribution in [2.75, 3.05) is 13.1 Å². The molecule has 32 heavy (non-hydrogen) atoms. The van der Waals surface area contributed by atoms with Gasteiger partial charge in [0.25, 0.3) is 5.91 Å². The van der Waals surface area contributed by atoms with Crippen LogP contribution in [0.25, 0.3) is 0 Å². The number of nitrogens with zero attached hydrogens (tertiary/aromatic N) is 3. The van der Waals surface area contributed by atoms with Crippen molar-refractivity contribution in [2.24, 2.45) is 11.8 Å². The van der Waals surface area contributed by atoms with Crippen LogP contribution < -0.4 is 0 Å². The number of likely N-dealkylation sites (tertiary alicyclic amines) is 1. The summed E-state index contributed by atoms with van der Waals surface area (Å²) < 4.78 is 1.98. The molecule has 1 aliphatic rings. The maximum absolute atomic E-state index is 13.2. The highest BCUT2D eigenvalue weighted by Gasteiger charge is 2.31. The van der Waals surface area contributed by atoms with Crippen LogP contribution in [0.2, 0.25) is 0 Å². The number of rotatable bonds is 6. The van der Waals surface area contributed by atoms with Gasteiger partial charge in [-0.25, -0.2) is 0 Å². The molecule has 0 N–H and O–H groups in total. The van der Waals surface area contributed by atoms with Gasteiger partial charge in [-0.05, 0) is 63.5 Å². The molecule has 0 spiro atoms. The van der Waals surface area contributed by atoms with Gasteiger partial charge in [0.2, 0.25) is 0 Å². The Balaban J connectivity index is 1.64. The summed E-state index contributed by atoms with van der Waals surface area (Å²) in [6.45, 7) is 16.2. The van der Waals surface area contributed by atoms with Crippen LogP contribution >= 0.6 is 0 Å². The van der Waals surface area contributed by atoms with Crippen LogP contribution in [-0.2, 0) is 12.0 Å². The third-order valence-corrected chi connectivity index (χ3v) is 6.22. The van der Waals surface area contributed by atoms with E-state index in [2.05, 4.69) is 65.7 Å². The molecule has 174 valence electrons. The topological polar surface area (TPSA) is 55.2 Å². The monoisotopic (exact) mass is 437 g/mol. The number of ketones is 1. The number of benzene rings is 1. The first-order chi connectivity index (χ1) is 15.0. The van der Waals surface area contributed by atoms with E-state index in [0.717, 1.165) is 17.7 Å². The maximum atomic E-state index is 13.2. The molecule has 0 radical (unpaired) electrons. The van der Waals surface area contributed by atoms with Crippen LogP contribution in [0.5, 0.6) is 0 Å². The van der Waals surface area contributed by atoms with Gasteiger partial charge in [0, 0.05) is 30.3 Å². The molecule has 1 amide bonds. The van der Waals surface area contributed by atoms with Gasteiger partial charge in [-0.15, -0.1) is 0 Å². The third kappa shape index (κ3) is 5.48. The van der Waals surface area contributed by atoms with Gasteiger partial charge in [0.1, 0.15) is 0 Å². The fourth-order valence-electron chi connectivity index (χ4n) is 4.47. The van der Waals surface area contributed by atoms with Gasteiger partial charge in [0.15, 0.2) is 11.5 Å². The molecular formula is C27H39N3O2. The highest BCUT2D eigenvalue weighted by Crippen LogP contribution is 2.26. The Bertz CT molecular complexity index is 940. The molecule has 0 atom stereocenters. The molecule has 2 heterocycles. The molecule has 1 fully saturated rings. The van der Waals surface area contributed by atoms with E-state index < -0.39 is 0 Å². The lowest BCUT2D eigenvalue weighted by Crippen LogP contribution is -2.40. The molecule has 0 unspecified atom stereocenters. The second-order valence-electron chi connectivity index (χ2n) is 10.9. The lowest BCUT2D eigenvalue weighted by molar-refractivity contribution is 0.0644. The minimum Gasteiger partial charge on any atom is -0.337 e. The summed E-state index contributed by atoms with van der Waals surface area (Å²) in [7, 11) is 0. The smallest absolute Gasteiger partial charge is 0.274 e. The molecule has 1 aromatic heterocycles. The number of aromatic nitrogens is 2. The van der Waals surface area contributed by atoms with Gasteiger partial charge in [-0.2, -0.15) is 5.10 Å². The van der Waals surface area contributed by atoms with Crippen LogP contribution in [0.15, 0.2) is 30.3 Å². The summed E-state index contributed by atoms with van der Waals surface area (Å²) in [5.74, 6) is 1.04. The SMILES string of the molecule is CC(C)Cc1ccc(C(=O)C2CCN(C(=O)c3cc(C(C)C)n(C(C)(C)C)n3)CC2)cc1. The van der Waals surface area contributed by atoms with E-state index in [9.17, 15) is 9.59 Å². The van der Waals surface area contributed by atoms with Crippen molar-refractivity contribution in [3.8, 4) is 0 Å². The van der Waals surface area contributed by atoms with E-state index in [1.807, 2.05) is 27.8 Å². The molecule has 3 rings (SSSR count). The first-order valence-electron chi connectivity index (χ1n) is 12.0. The van der Waals surface area contributed by atoms with Gasteiger partial charge in [-0.3, -0.25) is 14.3 Å². The van der Waals surface area contributed by atoms with Gasteiger partial charge < -0.3 is 4.90 Å². The summed E-state index contributed by atoms with van der Waals surface area (Å²) in [4.78, 5) is 28.0. The average molecular weight is 438 g/mol. The summed E-state index contributed by atoms with van der Waals surface area (Å²) in [5.41, 5.74) is 3.46. The minimum atomic E-state index is -0.178. The van der Waals surface area contributed by atoms with E-state index in [1.54, 1.807) is 0 Å². The van der Waals surface area contributed by atoms with E-state index in [-0.39, 0.29) is 23.1 Å². The van der Waals surface area contributed by atoms with E-state index in [0.29, 0.717) is 43.5 Å². The molecule has 0 saturated carbocycles. The molecule has 1 aromatic carbocycles. The highest BCUT2D eigenvalue weighted by molar-refractivity contribution is 5.98. The van der Waals surface area contributed by atoms with Gasteiger partial charge in [-0.1, -0.05) is 52.0 Å². The molecule has 0 aliphatic carbocycles. The Morgan fingerprint density at radius 2 is 1.62 bits per heavy atom. The molecule has 0 bridgehead atoms. The second kappa shape index (κ2) is 9.60. The van der Waals surface area contributed by atoms with Crippen LogP contribution in [-0.4, -0.2) is 39.5 Å². The Labute approximate surface area is 193 Å². The number of hydrogen-bond acceptors (Lipinski definition) is 3. The average Bonchev–Trinajstić information content (AvgIpc) is 3.19. The number of Topliss-reactive ketones (excluding diaryl/α,β-unsaturated/α-hetero) is 1. The summed E-state index contributed by atoms with van der Waals surface area (Å²) in [6.07, 6.45) is 2.43. The number of amides is 1. The fourth-order valence-corrected chi connectivity index (χ4v) is 4.47. The Morgan fingerprint density at radius 3 is 2.09 bits per heavy atom. The third-order valence-electron chi connectivity index (χ3n) is 6.22. The maximum Gasteiger partial charge on any atom is 0.274 e. The zero-order chi connectivity index (χ0) is 23.6. The predicted octanol–water partition coefficient (Wildman–Crippen LogP) is 5.70. The first kappa shape index (κ1) is 24.2. The van der Waals surface area contributed by atoms with Crippen LogP contribution in [0.4, 0.5) is 0 Å². The molecule has 1 saturated heterocycles. The van der Waals surface area contributed by atoms with Crippen LogP contribution in [0, 0.1) is 11.8 Å².